The van der Waals surface area contributed by atoms with Gasteiger partial charge in [-0.15, -0.1) is 0 Å². The molecular weight excluding hydrogens is 308 g/mol. The number of sulfonamides is 1. The van der Waals surface area contributed by atoms with E-state index >= 15 is 0 Å². The molecule has 0 aromatic heterocycles. The Morgan fingerprint density at radius 3 is 2.17 bits per heavy atom. The van der Waals surface area contributed by atoms with Crippen molar-refractivity contribution in [2.45, 2.75) is 44.7 Å². The Morgan fingerprint density at radius 2 is 1.57 bits per heavy atom. The number of anilines is 1. The van der Waals surface area contributed by atoms with Crippen molar-refractivity contribution >= 4 is 15.7 Å². The van der Waals surface area contributed by atoms with Crippen LogP contribution in [-0.2, 0) is 16.6 Å². The fourth-order valence-corrected chi connectivity index (χ4v) is 3.16. The van der Waals surface area contributed by atoms with E-state index in [4.69, 9.17) is 0 Å². The molecule has 5 heteroatoms. The lowest BCUT2D eigenvalue weighted by Crippen LogP contribution is -2.35. The van der Waals surface area contributed by atoms with Gasteiger partial charge in [-0.3, -0.25) is 4.72 Å². The molecule has 2 N–H and O–H groups in total. The summed E-state index contributed by atoms with van der Waals surface area (Å²) in [6.45, 7) is 8.75. The molecule has 124 valence electrons. The van der Waals surface area contributed by atoms with E-state index in [1.807, 2.05) is 25.1 Å². The second-order valence-electron chi connectivity index (χ2n) is 6.68. The van der Waals surface area contributed by atoms with Crippen LogP contribution in [-0.4, -0.2) is 14.0 Å². The highest BCUT2D eigenvalue weighted by atomic mass is 32.2. The minimum absolute atomic E-state index is 0.0387. The monoisotopic (exact) mass is 332 g/mol. The van der Waals surface area contributed by atoms with Crippen molar-refractivity contribution in [1.82, 2.24) is 5.32 Å². The zero-order valence-corrected chi connectivity index (χ0v) is 14.9. The molecule has 0 bridgehead atoms. The number of benzene rings is 2. The van der Waals surface area contributed by atoms with Gasteiger partial charge in [-0.2, -0.15) is 0 Å². The number of nitrogens with one attached hydrogen (secondary N) is 2. The van der Waals surface area contributed by atoms with Crippen molar-refractivity contribution in [1.29, 1.82) is 0 Å². The first-order chi connectivity index (χ1) is 10.7. The summed E-state index contributed by atoms with van der Waals surface area (Å²) in [6.07, 6.45) is 0. The quantitative estimate of drug-likeness (QED) is 0.878. The summed E-state index contributed by atoms with van der Waals surface area (Å²) in [7, 11) is -3.58. The van der Waals surface area contributed by atoms with Gasteiger partial charge < -0.3 is 5.32 Å². The molecular formula is C18H24N2O2S. The zero-order chi connectivity index (χ0) is 17.1. The lowest BCUT2D eigenvalue weighted by atomic mass is 10.1. The second kappa shape index (κ2) is 6.72. The van der Waals surface area contributed by atoms with E-state index in [9.17, 15) is 8.42 Å². The number of hydrogen-bond acceptors (Lipinski definition) is 3. The van der Waals surface area contributed by atoms with E-state index in [1.54, 1.807) is 30.3 Å². The molecule has 0 saturated heterocycles. The summed E-state index contributed by atoms with van der Waals surface area (Å²) >= 11 is 0. The molecule has 0 fully saturated rings. The number of aryl methyl sites for hydroxylation is 1. The molecule has 0 aliphatic rings. The van der Waals surface area contributed by atoms with E-state index in [-0.39, 0.29) is 10.4 Å². The van der Waals surface area contributed by atoms with Crippen LogP contribution in [0.3, 0.4) is 0 Å². The van der Waals surface area contributed by atoms with Gasteiger partial charge in [-0.25, -0.2) is 8.42 Å². The first kappa shape index (κ1) is 17.5. The molecule has 2 aromatic rings. The second-order valence-corrected chi connectivity index (χ2v) is 8.36. The molecule has 0 aliphatic heterocycles. The highest BCUT2D eigenvalue weighted by Crippen LogP contribution is 2.21. The molecule has 0 heterocycles. The van der Waals surface area contributed by atoms with Crippen molar-refractivity contribution in [3.05, 3.63) is 59.7 Å². The maximum atomic E-state index is 12.5. The molecule has 0 saturated carbocycles. The summed E-state index contributed by atoms with van der Waals surface area (Å²) in [5.74, 6) is 0. The molecule has 0 unspecified atom stereocenters. The van der Waals surface area contributed by atoms with Crippen LogP contribution in [0.2, 0.25) is 0 Å². The largest absolute Gasteiger partial charge is 0.308 e. The summed E-state index contributed by atoms with van der Waals surface area (Å²) in [6, 6.07) is 14.3. The third kappa shape index (κ3) is 5.08. The average Bonchev–Trinajstić information content (AvgIpc) is 2.45. The van der Waals surface area contributed by atoms with Crippen molar-refractivity contribution in [2.75, 3.05) is 4.72 Å². The van der Waals surface area contributed by atoms with Crippen LogP contribution in [0.1, 0.15) is 31.9 Å². The van der Waals surface area contributed by atoms with Gasteiger partial charge in [0.1, 0.15) is 0 Å². The molecule has 2 rings (SSSR count). The van der Waals surface area contributed by atoms with Crippen LogP contribution < -0.4 is 10.0 Å². The van der Waals surface area contributed by atoms with Gasteiger partial charge in [0.05, 0.1) is 10.6 Å². The lowest BCUT2D eigenvalue weighted by Gasteiger charge is -2.22. The lowest BCUT2D eigenvalue weighted by molar-refractivity contribution is 0.424. The standard InChI is InChI=1S/C18H24N2O2S/c1-14-9-11-16(12-10-14)23(21,22)20-17-8-6-5-7-15(17)13-19-18(2,3)4/h5-12,19-20H,13H2,1-4H3. The highest BCUT2D eigenvalue weighted by molar-refractivity contribution is 7.92. The van der Waals surface area contributed by atoms with E-state index < -0.39 is 10.0 Å². The Balaban J connectivity index is 2.24. The Kier molecular flexibility index (Phi) is 5.12. The number of hydrogen-bond donors (Lipinski definition) is 2. The minimum atomic E-state index is -3.58. The third-order valence-electron chi connectivity index (χ3n) is 3.40. The van der Waals surface area contributed by atoms with Gasteiger partial charge in [-0.1, -0.05) is 35.9 Å². The van der Waals surface area contributed by atoms with Gasteiger partial charge in [-0.05, 0) is 51.5 Å². The van der Waals surface area contributed by atoms with Gasteiger partial charge in [0.2, 0.25) is 0 Å². The first-order valence-corrected chi connectivity index (χ1v) is 9.08. The average molecular weight is 332 g/mol. The smallest absolute Gasteiger partial charge is 0.261 e. The Bertz CT molecular complexity index is 760. The highest BCUT2D eigenvalue weighted by Gasteiger charge is 2.16. The first-order valence-electron chi connectivity index (χ1n) is 7.60. The van der Waals surface area contributed by atoms with Crippen molar-refractivity contribution in [3.8, 4) is 0 Å². The molecule has 0 amide bonds. The van der Waals surface area contributed by atoms with Crippen molar-refractivity contribution < 1.29 is 8.42 Å². The number of rotatable bonds is 5. The Morgan fingerprint density at radius 1 is 0.957 bits per heavy atom. The predicted molar refractivity (Wildman–Crippen MR) is 95.0 cm³/mol. The SMILES string of the molecule is Cc1ccc(S(=O)(=O)Nc2ccccc2CNC(C)(C)C)cc1. The van der Waals surface area contributed by atoms with Crippen molar-refractivity contribution in [2.24, 2.45) is 0 Å². The van der Waals surface area contributed by atoms with E-state index in [0.29, 0.717) is 12.2 Å². The van der Waals surface area contributed by atoms with Crippen LogP contribution in [0.25, 0.3) is 0 Å². The van der Waals surface area contributed by atoms with Crippen molar-refractivity contribution in [3.63, 3.8) is 0 Å². The van der Waals surface area contributed by atoms with E-state index in [0.717, 1.165) is 11.1 Å². The summed E-state index contributed by atoms with van der Waals surface area (Å²) in [5, 5.41) is 3.38. The maximum absolute atomic E-state index is 12.5. The minimum Gasteiger partial charge on any atom is -0.308 e. The normalized spacial score (nSPS) is 12.2. The molecule has 2 aromatic carbocycles. The molecule has 0 aliphatic carbocycles. The summed E-state index contributed by atoms with van der Waals surface area (Å²) < 4.78 is 27.8. The van der Waals surface area contributed by atoms with E-state index in [2.05, 4.69) is 30.8 Å². The van der Waals surface area contributed by atoms with Crippen LogP contribution >= 0.6 is 0 Å². The molecule has 0 radical (unpaired) electrons. The topological polar surface area (TPSA) is 58.2 Å². The zero-order valence-electron chi connectivity index (χ0n) is 14.1. The summed E-state index contributed by atoms with van der Waals surface area (Å²) in [5.41, 5.74) is 2.50. The van der Waals surface area contributed by atoms with Gasteiger partial charge >= 0.3 is 0 Å². The van der Waals surface area contributed by atoms with Gasteiger partial charge in [0, 0.05) is 12.1 Å². The maximum Gasteiger partial charge on any atom is 0.261 e. The molecule has 23 heavy (non-hydrogen) atoms. The van der Waals surface area contributed by atoms with Gasteiger partial charge in [0.25, 0.3) is 10.0 Å². The van der Waals surface area contributed by atoms with Crippen LogP contribution in [0, 0.1) is 6.92 Å². The molecule has 4 nitrogen and oxygen atoms in total. The van der Waals surface area contributed by atoms with Crippen LogP contribution in [0.4, 0.5) is 5.69 Å². The van der Waals surface area contributed by atoms with Gasteiger partial charge in [0.15, 0.2) is 0 Å². The fourth-order valence-electron chi connectivity index (χ4n) is 2.06. The number of para-hydroxylation sites is 1. The van der Waals surface area contributed by atoms with Crippen LogP contribution in [0.15, 0.2) is 53.4 Å². The third-order valence-corrected chi connectivity index (χ3v) is 4.78. The molecule has 0 spiro atoms. The Labute approximate surface area is 139 Å². The predicted octanol–water partition coefficient (Wildman–Crippen LogP) is 3.68. The Hall–Kier alpha value is -1.85. The van der Waals surface area contributed by atoms with Crippen LogP contribution in [0.5, 0.6) is 0 Å². The fraction of sp³-hybridized carbons (Fsp3) is 0.333. The summed E-state index contributed by atoms with van der Waals surface area (Å²) in [4.78, 5) is 0.265. The molecule has 0 atom stereocenters. The van der Waals surface area contributed by atoms with E-state index in [1.165, 1.54) is 0 Å².